The highest BCUT2D eigenvalue weighted by molar-refractivity contribution is 4.80. The van der Waals surface area contributed by atoms with Gasteiger partial charge >= 0.3 is 0 Å². The average molecular weight is 452 g/mol. The number of ether oxygens (including phenoxy) is 1. The molecule has 1 aliphatic rings. The molecule has 0 saturated carbocycles. The third-order valence-corrected chi connectivity index (χ3v) is 8.03. The number of hydrogen-bond donors (Lipinski definition) is 1. The van der Waals surface area contributed by atoms with Crippen LogP contribution in [0.25, 0.3) is 0 Å². The van der Waals surface area contributed by atoms with E-state index in [4.69, 9.17) is 4.74 Å². The van der Waals surface area contributed by atoms with E-state index in [1.165, 1.54) is 129 Å². The average Bonchev–Trinajstić information content (AvgIpc) is 2.80. The van der Waals surface area contributed by atoms with Gasteiger partial charge in [0, 0.05) is 6.54 Å². The summed E-state index contributed by atoms with van der Waals surface area (Å²) in [6.45, 7) is 15.0. The highest BCUT2D eigenvalue weighted by Gasteiger charge is 2.27. The van der Waals surface area contributed by atoms with Gasteiger partial charge in [0.05, 0.1) is 12.2 Å². The molecule has 1 heterocycles. The van der Waals surface area contributed by atoms with Gasteiger partial charge in [0.15, 0.2) is 0 Å². The van der Waals surface area contributed by atoms with Gasteiger partial charge in [-0.05, 0) is 76.7 Å². The van der Waals surface area contributed by atoms with Crippen LogP contribution in [-0.4, -0.2) is 25.3 Å². The molecule has 2 nitrogen and oxygen atoms in total. The van der Waals surface area contributed by atoms with Crippen LogP contribution in [0.5, 0.6) is 0 Å². The van der Waals surface area contributed by atoms with Gasteiger partial charge in [0.25, 0.3) is 0 Å². The summed E-state index contributed by atoms with van der Waals surface area (Å²) < 4.78 is 6.31. The molecule has 2 heteroatoms. The predicted molar refractivity (Wildman–Crippen MR) is 144 cm³/mol. The first-order valence-electron chi connectivity index (χ1n) is 14.8. The van der Waals surface area contributed by atoms with Crippen LogP contribution in [0, 0.1) is 11.3 Å². The van der Waals surface area contributed by atoms with Crippen molar-refractivity contribution in [3.05, 3.63) is 0 Å². The first kappa shape index (κ1) is 30.0. The molecule has 32 heavy (non-hydrogen) atoms. The van der Waals surface area contributed by atoms with E-state index >= 15 is 0 Å². The van der Waals surface area contributed by atoms with Crippen LogP contribution in [-0.2, 0) is 4.74 Å². The van der Waals surface area contributed by atoms with Crippen LogP contribution in [0.15, 0.2) is 0 Å². The van der Waals surface area contributed by atoms with Crippen molar-refractivity contribution in [2.24, 2.45) is 11.3 Å². The smallest absolute Gasteiger partial charge is 0.0626 e. The zero-order valence-electron chi connectivity index (χ0n) is 23.0. The minimum Gasteiger partial charge on any atom is -0.375 e. The van der Waals surface area contributed by atoms with Crippen LogP contribution in [0.4, 0.5) is 0 Å². The van der Waals surface area contributed by atoms with E-state index in [-0.39, 0.29) is 5.60 Å². The third kappa shape index (κ3) is 14.2. The van der Waals surface area contributed by atoms with Crippen LogP contribution < -0.4 is 5.32 Å². The highest BCUT2D eigenvalue weighted by atomic mass is 16.5. The Hall–Kier alpha value is -0.0800. The monoisotopic (exact) mass is 451 g/mol. The zero-order valence-corrected chi connectivity index (χ0v) is 23.0. The maximum atomic E-state index is 6.31. The Morgan fingerprint density at radius 1 is 0.688 bits per heavy atom. The van der Waals surface area contributed by atoms with E-state index in [0.29, 0.717) is 5.41 Å². The molecule has 0 aromatic heterocycles. The molecule has 1 fully saturated rings. The third-order valence-electron chi connectivity index (χ3n) is 8.03. The van der Waals surface area contributed by atoms with Crippen LogP contribution in [0.3, 0.4) is 0 Å². The molecular formula is C30H61NO. The number of unbranched alkanes of at least 4 members (excludes halogenated alkanes) is 8. The number of rotatable bonds is 21. The molecule has 0 aromatic carbocycles. The SMILES string of the molecule is CCCCC(CCCC)(CCCC)CCCCCCCCC(C)(C)OCC1CCCNC1. The van der Waals surface area contributed by atoms with Gasteiger partial charge in [-0.3, -0.25) is 0 Å². The summed E-state index contributed by atoms with van der Waals surface area (Å²) in [5.74, 6) is 0.724. The summed E-state index contributed by atoms with van der Waals surface area (Å²) >= 11 is 0. The molecular weight excluding hydrogens is 390 g/mol. The van der Waals surface area contributed by atoms with E-state index in [1.54, 1.807) is 0 Å². The molecule has 0 radical (unpaired) electrons. The maximum Gasteiger partial charge on any atom is 0.0626 e. The Bertz CT molecular complexity index is 391. The largest absolute Gasteiger partial charge is 0.375 e. The Morgan fingerprint density at radius 2 is 1.19 bits per heavy atom. The molecule has 1 N–H and O–H groups in total. The number of piperidine rings is 1. The summed E-state index contributed by atoms with van der Waals surface area (Å²) in [5, 5.41) is 3.51. The lowest BCUT2D eigenvalue weighted by Crippen LogP contribution is -2.35. The molecule has 0 bridgehead atoms. The van der Waals surface area contributed by atoms with Gasteiger partial charge in [-0.15, -0.1) is 0 Å². The molecule has 1 rings (SSSR count). The Morgan fingerprint density at radius 3 is 1.69 bits per heavy atom. The van der Waals surface area contributed by atoms with Crippen molar-refractivity contribution >= 4 is 0 Å². The van der Waals surface area contributed by atoms with Crippen molar-refractivity contribution in [2.45, 2.75) is 162 Å². The van der Waals surface area contributed by atoms with E-state index < -0.39 is 0 Å². The molecule has 0 aliphatic carbocycles. The minimum atomic E-state index is 0.0505. The first-order chi connectivity index (χ1) is 15.5. The lowest BCUT2D eigenvalue weighted by Gasteiger charge is -2.35. The topological polar surface area (TPSA) is 21.3 Å². The fraction of sp³-hybridized carbons (Fsp3) is 1.00. The van der Waals surface area contributed by atoms with Crippen molar-refractivity contribution in [3.8, 4) is 0 Å². The Kier molecular flexibility index (Phi) is 17.1. The molecule has 1 unspecified atom stereocenters. The second-order valence-corrected chi connectivity index (χ2v) is 11.7. The lowest BCUT2D eigenvalue weighted by atomic mass is 9.71. The highest BCUT2D eigenvalue weighted by Crippen LogP contribution is 2.41. The van der Waals surface area contributed by atoms with Crippen molar-refractivity contribution in [2.75, 3.05) is 19.7 Å². The maximum absolute atomic E-state index is 6.31. The van der Waals surface area contributed by atoms with Crippen LogP contribution >= 0.6 is 0 Å². The molecule has 192 valence electrons. The van der Waals surface area contributed by atoms with Crippen molar-refractivity contribution in [1.82, 2.24) is 5.32 Å². The molecule has 1 atom stereocenters. The second kappa shape index (κ2) is 18.3. The van der Waals surface area contributed by atoms with Gasteiger partial charge in [0.2, 0.25) is 0 Å². The molecule has 1 aliphatic heterocycles. The summed E-state index contributed by atoms with van der Waals surface area (Å²) in [5.41, 5.74) is 0.714. The van der Waals surface area contributed by atoms with E-state index in [1.807, 2.05) is 0 Å². The van der Waals surface area contributed by atoms with E-state index in [2.05, 4.69) is 39.9 Å². The van der Waals surface area contributed by atoms with E-state index in [9.17, 15) is 0 Å². The van der Waals surface area contributed by atoms with Crippen LogP contribution in [0.1, 0.15) is 157 Å². The van der Waals surface area contributed by atoms with Crippen molar-refractivity contribution in [1.29, 1.82) is 0 Å². The van der Waals surface area contributed by atoms with Gasteiger partial charge in [-0.1, -0.05) is 97.8 Å². The lowest BCUT2D eigenvalue weighted by molar-refractivity contribution is -0.0448. The minimum absolute atomic E-state index is 0.0505. The Balaban J connectivity index is 2.19. The quantitative estimate of drug-likeness (QED) is 0.175. The molecule has 0 amide bonds. The molecule has 1 saturated heterocycles. The van der Waals surface area contributed by atoms with Gasteiger partial charge in [0.1, 0.15) is 0 Å². The molecule has 0 aromatic rings. The Labute approximate surface area is 203 Å². The summed E-state index contributed by atoms with van der Waals surface area (Å²) in [6.07, 6.45) is 26.6. The predicted octanol–water partition coefficient (Wildman–Crippen LogP) is 9.46. The summed E-state index contributed by atoms with van der Waals surface area (Å²) in [4.78, 5) is 0. The van der Waals surface area contributed by atoms with Crippen molar-refractivity contribution in [3.63, 3.8) is 0 Å². The van der Waals surface area contributed by atoms with Gasteiger partial charge in [-0.25, -0.2) is 0 Å². The van der Waals surface area contributed by atoms with Gasteiger partial charge in [-0.2, -0.15) is 0 Å². The summed E-state index contributed by atoms with van der Waals surface area (Å²) in [7, 11) is 0. The van der Waals surface area contributed by atoms with Crippen molar-refractivity contribution < 1.29 is 4.74 Å². The normalized spacial score (nSPS) is 17.7. The number of nitrogens with one attached hydrogen (secondary N) is 1. The van der Waals surface area contributed by atoms with E-state index in [0.717, 1.165) is 19.1 Å². The van der Waals surface area contributed by atoms with Crippen LogP contribution in [0.2, 0.25) is 0 Å². The molecule has 0 spiro atoms. The fourth-order valence-electron chi connectivity index (χ4n) is 5.65. The second-order valence-electron chi connectivity index (χ2n) is 11.7. The summed E-state index contributed by atoms with van der Waals surface area (Å²) in [6, 6.07) is 0. The zero-order chi connectivity index (χ0) is 23.5. The fourth-order valence-corrected chi connectivity index (χ4v) is 5.65. The number of hydrogen-bond acceptors (Lipinski definition) is 2. The van der Waals surface area contributed by atoms with Gasteiger partial charge < -0.3 is 10.1 Å². The first-order valence-corrected chi connectivity index (χ1v) is 14.8. The standard InChI is InChI=1S/C30H61NO/c1-6-9-21-30(22-10-7-2,23-11-8-3)24-17-15-13-12-14-16-20-29(4,5)32-27-28-19-18-25-31-26-28/h28,31H,6-27H2,1-5H3.